The fourth-order valence-corrected chi connectivity index (χ4v) is 6.10. The van der Waals surface area contributed by atoms with E-state index in [1.165, 1.54) is 22.3 Å². The summed E-state index contributed by atoms with van der Waals surface area (Å²) in [5.74, 6) is 0. The van der Waals surface area contributed by atoms with E-state index in [4.69, 9.17) is 11.6 Å². The van der Waals surface area contributed by atoms with E-state index in [0.29, 0.717) is 0 Å². The van der Waals surface area contributed by atoms with Crippen LogP contribution in [0.25, 0.3) is 0 Å². The number of hydrogen-bond acceptors (Lipinski definition) is 2. The van der Waals surface area contributed by atoms with Crippen LogP contribution in [0.3, 0.4) is 0 Å². The summed E-state index contributed by atoms with van der Waals surface area (Å²) in [5.41, 5.74) is 4.70. The molecule has 0 spiro atoms. The molecule has 192 valence electrons. The van der Waals surface area contributed by atoms with Gasteiger partial charge in [0.15, 0.2) is 0 Å². The summed E-state index contributed by atoms with van der Waals surface area (Å²) in [4.78, 5) is 2.58. The van der Waals surface area contributed by atoms with Crippen LogP contribution in [0.2, 0.25) is 5.02 Å². The van der Waals surface area contributed by atoms with E-state index in [0.717, 1.165) is 43.9 Å². The summed E-state index contributed by atoms with van der Waals surface area (Å²) in [6.45, 7) is 3.14. The van der Waals surface area contributed by atoms with Gasteiger partial charge in [0.25, 0.3) is 0 Å². The van der Waals surface area contributed by atoms with Crippen molar-refractivity contribution in [2.75, 3.05) is 26.2 Å². The molecule has 37 heavy (non-hydrogen) atoms. The van der Waals surface area contributed by atoms with Crippen molar-refractivity contribution in [2.24, 2.45) is 0 Å². The third kappa shape index (κ3) is 5.63. The van der Waals surface area contributed by atoms with E-state index in [9.17, 15) is 5.11 Å². The van der Waals surface area contributed by atoms with E-state index in [1.807, 2.05) is 18.2 Å². The van der Waals surface area contributed by atoms with Crippen molar-refractivity contribution < 1.29 is 5.11 Å². The monoisotopic (exact) mass is 531 g/mol. The number of aliphatic hydroxyl groups excluding tert-OH is 1. The summed E-state index contributed by atoms with van der Waals surface area (Å²) in [5, 5.41) is 11.1. The molecule has 4 heteroatoms. The van der Waals surface area contributed by atoms with Crippen LogP contribution in [0.1, 0.15) is 41.5 Å². The van der Waals surface area contributed by atoms with Crippen LogP contribution in [-0.4, -0.2) is 36.2 Å². The van der Waals surface area contributed by atoms with Crippen molar-refractivity contribution in [1.29, 1.82) is 0 Å². The lowest BCUT2D eigenvalue weighted by molar-refractivity contribution is 0.0983. The predicted octanol–water partition coefficient (Wildman–Crippen LogP) is 7.51. The second kappa shape index (κ2) is 12.3. The maximum atomic E-state index is 10.4. The van der Waals surface area contributed by atoms with Crippen LogP contribution < -0.4 is 0 Å². The molecule has 4 aromatic carbocycles. The van der Waals surface area contributed by atoms with Crippen molar-refractivity contribution in [2.45, 2.75) is 30.1 Å². The molecule has 0 atom stereocenters. The topological polar surface area (TPSA) is 23.5 Å². The summed E-state index contributed by atoms with van der Waals surface area (Å²) in [6, 6.07) is 40.7. The van der Waals surface area contributed by atoms with Gasteiger partial charge in [-0.1, -0.05) is 115 Å². The minimum absolute atomic E-state index is 0. The highest BCUT2D eigenvalue weighted by Crippen LogP contribution is 2.43. The smallest absolute Gasteiger partial charge is 0.0528 e. The number of hydrogen-bond donors (Lipinski definition) is 1. The number of likely N-dealkylation sites (tertiary alicyclic amines) is 1. The van der Waals surface area contributed by atoms with Crippen molar-refractivity contribution in [1.82, 2.24) is 4.90 Å². The molecule has 0 saturated carbocycles. The Balaban J connectivity index is 0.00000320. The molecule has 0 bridgehead atoms. The number of benzene rings is 4. The Morgan fingerprint density at radius 1 is 0.676 bits per heavy atom. The Morgan fingerprint density at radius 2 is 1.14 bits per heavy atom. The summed E-state index contributed by atoms with van der Waals surface area (Å²) in [6.07, 6.45) is 2.90. The zero-order valence-corrected chi connectivity index (χ0v) is 22.7. The van der Waals surface area contributed by atoms with Gasteiger partial charge in [-0.15, -0.1) is 12.4 Å². The van der Waals surface area contributed by atoms with E-state index in [2.05, 4.69) is 102 Å². The molecule has 0 amide bonds. The first-order chi connectivity index (χ1) is 17.7. The third-order valence-corrected chi connectivity index (χ3v) is 8.43. The molecular weight excluding hydrogens is 497 g/mol. The van der Waals surface area contributed by atoms with Crippen LogP contribution in [0.15, 0.2) is 115 Å². The lowest BCUT2D eigenvalue weighted by atomic mass is 9.67. The first kappa shape index (κ1) is 27.4. The van der Waals surface area contributed by atoms with Crippen LogP contribution >= 0.6 is 24.0 Å². The lowest BCUT2D eigenvalue weighted by Gasteiger charge is -2.43. The average Bonchev–Trinajstić information content (AvgIpc) is 2.96. The minimum Gasteiger partial charge on any atom is -0.395 e. The molecule has 4 aromatic rings. The zero-order valence-electron chi connectivity index (χ0n) is 21.1. The highest BCUT2D eigenvalue weighted by Gasteiger charge is 2.39. The number of rotatable bonds is 8. The molecule has 5 rings (SSSR count). The number of halogens is 2. The molecule has 0 radical (unpaired) electrons. The van der Waals surface area contributed by atoms with Gasteiger partial charge < -0.3 is 10.0 Å². The van der Waals surface area contributed by atoms with Crippen molar-refractivity contribution in [3.8, 4) is 0 Å². The van der Waals surface area contributed by atoms with Gasteiger partial charge in [-0.05, 0) is 73.3 Å². The quantitative estimate of drug-likeness (QED) is 0.238. The van der Waals surface area contributed by atoms with Gasteiger partial charge >= 0.3 is 0 Å². The van der Waals surface area contributed by atoms with Gasteiger partial charge in [0, 0.05) is 15.9 Å². The highest BCUT2D eigenvalue weighted by molar-refractivity contribution is 6.30. The van der Waals surface area contributed by atoms with Crippen LogP contribution in [0.4, 0.5) is 0 Å². The van der Waals surface area contributed by atoms with Gasteiger partial charge in [-0.25, -0.2) is 0 Å². The number of piperidine rings is 1. The molecule has 0 aromatic heterocycles. The molecule has 2 nitrogen and oxygen atoms in total. The standard InChI is InChI=1S/C33H34ClNO.ClH/c34-31-18-16-30(17-19-31)33(28-12-6-2-7-13-28,29-14-8-3-9-15-29)22-25-35-23-20-32(26-36,21-24-35)27-10-4-1-5-11-27;/h1-19,36H,20-26H2;1H. The molecule has 1 heterocycles. The Labute approximate surface area is 232 Å². The largest absolute Gasteiger partial charge is 0.395 e. The molecule has 1 aliphatic rings. The minimum atomic E-state index is -0.280. The maximum Gasteiger partial charge on any atom is 0.0528 e. The van der Waals surface area contributed by atoms with Gasteiger partial charge in [0.1, 0.15) is 0 Å². The first-order valence-corrected chi connectivity index (χ1v) is 13.3. The van der Waals surface area contributed by atoms with Crippen molar-refractivity contribution >= 4 is 24.0 Å². The fourth-order valence-electron chi connectivity index (χ4n) is 5.97. The first-order valence-electron chi connectivity index (χ1n) is 12.9. The second-order valence-corrected chi connectivity index (χ2v) is 10.5. The van der Waals surface area contributed by atoms with E-state index < -0.39 is 0 Å². The summed E-state index contributed by atoms with van der Waals surface area (Å²) < 4.78 is 0. The molecule has 1 saturated heterocycles. The molecular formula is C33H35Cl2NO. The second-order valence-electron chi connectivity index (χ2n) is 10.0. The number of nitrogens with zero attached hydrogens (tertiary/aromatic N) is 1. The highest BCUT2D eigenvalue weighted by atomic mass is 35.5. The predicted molar refractivity (Wildman–Crippen MR) is 157 cm³/mol. The molecule has 1 N–H and O–H groups in total. The number of aliphatic hydroxyl groups is 1. The fraction of sp³-hybridized carbons (Fsp3) is 0.273. The SMILES string of the molecule is Cl.OCC1(c2ccccc2)CCN(CCC(c2ccccc2)(c2ccccc2)c2ccc(Cl)cc2)CC1. The van der Waals surface area contributed by atoms with Gasteiger partial charge in [0.2, 0.25) is 0 Å². The summed E-state index contributed by atoms with van der Waals surface area (Å²) >= 11 is 6.31. The van der Waals surface area contributed by atoms with Crippen LogP contribution in [0.5, 0.6) is 0 Å². The Hall–Kier alpha value is -2.62. The van der Waals surface area contributed by atoms with E-state index in [-0.39, 0.29) is 29.8 Å². The van der Waals surface area contributed by atoms with Crippen molar-refractivity contribution in [3.05, 3.63) is 143 Å². The Morgan fingerprint density at radius 3 is 1.62 bits per heavy atom. The zero-order chi connectivity index (χ0) is 24.8. The average molecular weight is 533 g/mol. The van der Waals surface area contributed by atoms with Crippen molar-refractivity contribution in [3.63, 3.8) is 0 Å². The van der Waals surface area contributed by atoms with Crippen LogP contribution in [0, 0.1) is 0 Å². The van der Waals surface area contributed by atoms with E-state index in [1.54, 1.807) is 0 Å². The molecule has 0 unspecified atom stereocenters. The molecule has 0 aliphatic carbocycles. The Kier molecular flexibility index (Phi) is 9.10. The normalized spacial score (nSPS) is 15.6. The van der Waals surface area contributed by atoms with Crippen LogP contribution in [-0.2, 0) is 10.8 Å². The third-order valence-electron chi connectivity index (χ3n) is 8.18. The molecule has 1 fully saturated rings. The maximum absolute atomic E-state index is 10.4. The Bertz CT molecular complexity index is 1180. The summed E-state index contributed by atoms with van der Waals surface area (Å²) in [7, 11) is 0. The van der Waals surface area contributed by atoms with Gasteiger partial charge in [-0.2, -0.15) is 0 Å². The van der Waals surface area contributed by atoms with Gasteiger partial charge in [0.05, 0.1) is 6.61 Å². The van der Waals surface area contributed by atoms with E-state index >= 15 is 0 Å². The van der Waals surface area contributed by atoms with Gasteiger partial charge in [-0.3, -0.25) is 0 Å². The molecule has 1 aliphatic heterocycles. The lowest BCUT2D eigenvalue weighted by Crippen LogP contribution is -2.46.